The number of methoxy groups -OCH3 is 1. The van der Waals surface area contributed by atoms with Gasteiger partial charge in [-0.1, -0.05) is 6.92 Å². The van der Waals surface area contributed by atoms with Crippen LogP contribution in [0.15, 0.2) is 16.9 Å². The molecule has 2 heterocycles. The van der Waals surface area contributed by atoms with E-state index in [0.29, 0.717) is 12.5 Å². The lowest BCUT2D eigenvalue weighted by Gasteiger charge is -2.07. The van der Waals surface area contributed by atoms with Crippen LogP contribution in [0.3, 0.4) is 0 Å². The quantitative estimate of drug-likeness (QED) is 0.912. The molecule has 2 aromatic heterocycles. The number of nitrogens with zero attached hydrogens (tertiary/aromatic N) is 4. The minimum absolute atomic E-state index is 0.580. The Morgan fingerprint density at radius 2 is 2.05 bits per heavy atom. The Morgan fingerprint density at radius 3 is 2.63 bits per heavy atom. The van der Waals surface area contributed by atoms with Crippen LogP contribution in [0.2, 0.25) is 0 Å². The lowest BCUT2D eigenvalue weighted by molar-refractivity contribution is 0.369. The molecule has 0 aliphatic carbocycles. The number of rotatable bonds is 5. The van der Waals surface area contributed by atoms with Crippen molar-refractivity contribution in [1.29, 1.82) is 0 Å². The zero-order chi connectivity index (χ0) is 13.8. The summed E-state index contributed by atoms with van der Waals surface area (Å²) in [5.74, 6) is 1.35. The topological polar surface area (TPSA) is 64.9 Å². The molecule has 0 unspecified atom stereocenters. The Morgan fingerprint density at radius 1 is 1.37 bits per heavy atom. The Labute approximate surface area is 120 Å². The summed E-state index contributed by atoms with van der Waals surface area (Å²) in [6.07, 6.45) is 4.27. The molecule has 0 aromatic carbocycles. The van der Waals surface area contributed by atoms with E-state index in [9.17, 15) is 0 Å². The van der Waals surface area contributed by atoms with E-state index < -0.39 is 0 Å². The van der Waals surface area contributed by atoms with E-state index in [1.807, 2.05) is 7.05 Å². The zero-order valence-electron chi connectivity index (χ0n) is 11.1. The van der Waals surface area contributed by atoms with Gasteiger partial charge in [0, 0.05) is 19.4 Å². The summed E-state index contributed by atoms with van der Waals surface area (Å²) in [7, 11) is 3.52. The molecule has 2 aromatic rings. The second kappa shape index (κ2) is 6.01. The SMILES string of the molecule is CCc1nn(C)c(OC)c1CNc1ncc(Br)cn1. The van der Waals surface area contributed by atoms with E-state index in [4.69, 9.17) is 4.74 Å². The average Bonchev–Trinajstić information content (AvgIpc) is 2.73. The highest BCUT2D eigenvalue weighted by Crippen LogP contribution is 2.22. The molecule has 0 spiro atoms. The van der Waals surface area contributed by atoms with Crippen molar-refractivity contribution in [3.63, 3.8) is 0 Å². The van der Waals surface area contributed by atoms with Gasteiger partial charge in [0.25, 0.3) is 0 Å². The molecule has 102 valence electrons. The maximum absolute atomic E-state index is 5.38. The zero-order valence-corrected chi connectivity index (χ0v) is 12.7. The van der Waals surface area contributed by atoms with Gasteiger partial charge in [-0.05, 0) is 22.4 Å². The van der Waals surface area contributed by atoms with Crippen LogP contribution in [0.25, 0.3) is 0 Å². The summed E-state index contributed by atoms with van der Waals surface area (Å²) in [4.78, 5) is 8.35. The van der Waals surface area contributed by atoms with Crippen LogP contribution >= 0.6 is 15.9 Å². The standard InChI is InChI=1S/C12H16BrN5O/c1-4-10-9(11(19-3)18(2)17-10)7-16-12-14-5-8(13)6-15-12/h5-6H,4,7H2,1-3H3,(H,14,15,16). The third-order valence-corrected chi connectivity index (χ3v) is 3.15. The molecular formula is C12H16BrN5O. The first kappa shape index (κ1) is 13.8. The number of halogens is 1. The summed E-state index contributed by atoms with van der Waals surface area (Å²) in [6.45, 7) is 2.66. The minimum Gasteiger partial charge on any atom is -0.481 e. The molecular weight excluding hydrogens is 310 g/mol. The first-order valence-corrected chi connectivity index (χ1v) is 6.75. The molecule has 1 N–H and O–H groups in total. The van der Waals surface area contributed by atoms with Gasteiger partial charge in [-0.3, -0.25) is 0 Å². The van der Waals surface area contributed by atoms with Gasteiger partial charge in [0.05, 0.1) is 29.4 Å². The molecule has 0 atom stereocenters. The van der Waals surface area contributed by atoms with Crippen LogP contribution in [0.4, 0.5) is 5.95 Å². The molecule has 0 amide bonds. The van der Waals surface area contributed by atoms with Crippen molar-refractivity contribution >= 4 is 21.9 Å². The summed E-state index contributed by atoms with van der Waals surface area (Å²) in [5, 5.41) is 7.60. The minimum atomic E-state index is 0.580. The van der Waals surface area contributed by atoms with Gasteiger partial charge in [-0.2, -0.15) is 5.10 Å². The van der Waals surface area contributed by atoms with Gasteiger partial charge in [0.15, 0.2) is 0 Å². The maximum atomic E-state index is 5.38. The normalized spacial score (nSPS) is 10.5. The highest BCUT2D eigenvalue weighted by atomic mass is 79.9. The predicted octanol–water partition coefficient (Wildman–Crippen LogP) is 2.16. The summed E-state index contributed by atoms with van der Waals surface area (Å²) in [5.41, 5.74) is 2.06. The molecule has 0 fully saturated rings. The summed E-state index contributed by atoms with van der Waals surface area (Å²) >= 11 is 3.30. The number of hydrogen-bond donors (Lipinski definition) is 1. The van der Waals surface area contributed by atoms with Gasteiger partial charge in [0.1, 0.15) is 0 Å². The smallest absolute Gasteiger partial charge is 0.222 e. The fourth-order valence-corrected chi connectivity index (χ4v) is 2.10. The number of anilines is 1. The Kier molecular flexibility index (Phi) is 4.36. The third-order valence-electron chi connectivity index (χ3n) is 2.74. The molecule has 7 heteroatoms. The largest absolute Gasteiger partial charge is 0.481 e. The molecule has 0 aliphatic heterocycles. The van der Waals surface area contributed by atoms with Crippen LogP contribution in [-0.4, -0.2) is 26.9 Å². The van der Waals surface area contributed by atoms with Crippen LogP contribution in [0.1, 0.15) is 18.2 Å². The van der Waals surface area contributed by atoms with Crippen molar-refractivity contribution in [2.45, 2.75) is 19.9 Å². The fraction of sp³-hybridized carbons (Fsp3) is 0.417. The predicted molar refractivity (Wildman–Crippen MR) is 76.2 cm³/mol. The first-order chi connectivity index (χ1) is 9.15. The van der Waals surface area contributed by atoms with E-state index in [-0.39, 0.29) is 0 Å². The monoisotopic (exact) mass is 325 g/mol. The summed E-state index contributed by atoms with van der Waals surface area (Å²) < 4.78 is 7.98. The van der Waals surface area contributed by atoms with E-state index in [1.165, 1.54) is 0 Å². The molecule has 0 radical (unpaired) electrons. The third kappa shape index (κ3) is 3.04. The fourth-order valence-electron chi connectivity index (χ4n) is 1.89. The Balaban J connectivity index is 2.16. The van der Waals surface area contributed by atoms with Crippen LogP contribution < -0.4 is 10.1 Å². The molecule has 0 saturated carbocycles. The number of aromatic nitrogens is 4. The first-order valence-electron chi connectivity index (χ1n) is 5.95. The average molecular weight is 326 g/mol. The maximum Gasteiger partial charge on any atom is 0.222 e. The lowest BCUT2D eigenvalue weighted by atomic mass is 10.2. The molecule has 2 rings (SSSR count). The van der Waals surface area contributed by atoms with Gasteiger partial charge in [-0.25, -0.2) is 14.6 Å². The summed E-state index contributed by atoms with van der Waals surface area (Å²) in [6, 6.07) is 0. The number of aryl methyl sites for hydroxylation is 2. The van der Waals surface area contributed by atoms with Crippen molar-refractivity contribution in [3.8, 4) is 5.88 Å². The van der Waals surface area contributed by atoms with E-state index in [1.54, 1.807) is 24.2 Å². The second-order valence-electron chi connectivity index (χ2n) is 3.99. The molecule has 0 bridgehead atoms. The van der Waals surface area contributed by atoms with Gasteiger partial charge in [-0.15, -0.1) is 0 Å². The van der Waals surface area contributed by atoms with Crippen molar-refractivity contribution in [3.05, 3.63) is 28.1 Å². The number of nitrogens with one attached hydrogen (secondary N) is 1. The van der Waals surface area contributed by atoms with Crippen LogP contribution in [-0.2, 0) is 20.0 Å². The molecule has 19 heavy (non-hydrogen) atoms. The Hall–Kier alpha value is -1.63. The highest BCUT2D eigenvalue weighted by molar-refractivity contribution is 9.10. The van der Waals surface area contributed by atoms with Crippen molar-refractivity contribution in [2.75, 3.05) is 12.4 Å². The second-order valence-corrected chi connectivity index (χ2v) is 4.91. The van der Waals surface area contributed by atoms with E-state index in [2.05, 4.69) is 43.2 Å². The number of ether oxygens (including phenoxy) is 1. The van der Waals surface area contributed by atoms with Gasteiger partial charge >= 0.3 is 0 Å². The lowest BCUT2D eigenvalue weighted by Crippen LogP contribution is -2.06. The van der Waals surface area contributed by atoms with Crippen molar-refractivity contribution in [2.24, 2.45) is 7.05 Å². The van der Waals surface area contributed by atoms with Crippen LogP contribution in [0, 0.1) is 0 Å². The molecule has 0 saturated heterocycles. The van der Waals surface area contributed by atoms with E-state index >= 15 is 0 Å². The van der Waals surface area contributed by atoms with Gasteiger partial charge in [0.2, 0.25) is 11.8 Å². The number of hydrogen-bond acceptors (Lipinski definition) is 5. The van der Waals surface area contributed by atoms with E-state index in [0.717, 1.165) is 28.0 Å². The molecule has 6 nitrogen and oxygen atoms in total. The van der Waals surface area contributed by atoms with Crippen molar-refractivity contribution in [1.82, 2.24) is 19.7 Å². The Bertz CT molecular complexity index is 552. The van der Waals surface area contributed by atoms with Crippen LogP contribution in [0.5, 0.6) is 5.88 Å². The molecule has 0 aliphatic rings. The van der Waals surface area contributed by atoms with Gasteiger partial charge < -0.3 is 10.1 Å². The highest BCUT2D eigenvalue weighted by Gasteiger charge is 2.15. The van der Waals surface area contributed by atoms with Crippen molar-refractivity contribution < 1.29 is 4.74 Å².